The lowest BCUT2D eigenvalue weighted by Crippen LogP contribution is -2.42. The highest BCUT2D eigenvalue weighted by atomic mass is 32.2. The summed E-state index contributed by atoms with van der Waals surface area (Å²) in [7, 11) is -3.82. The molecular weight excluding hydrogens is 542 g/mol. The van der Waals surface area contributed by atoms with Crippen LogP contribution >= 0.6 is 0 Å². The van der Waals surface area contributed by atoms with E-state index < -0.39 is 40.2 Å². The Balaban J connectivity index is 1.49. The molecule has 206 valence electrons. The maximum Gasteiger partial charge on any atom is 0.419 e. The molecular formula is C22H22F6N6O3S. The van der Waals surface area contributed by atoms with E-state index >= 15 is 0 Å². The third-order valence-corrected chi connectivity index (χ3v) is 7.74. The van der Waals surface area contributed by atoms with Gasteiger partial charge in [0.1, 0.15) is 12.1 Å². The molecule has 1 aromatic carbocycles. The van der Waals surface area contributed by atoms with Crippen molar-refractivity contribution >= 4 is 16.0 Å². The summed E-state index contributed by atoms with van der Waals surface area (Å²) < 4.78 is 106. The number of hydrogen-bond donors (Lipinski definition) is 2. The van der Waals surface area contributed by atoms with Gasteiger partial charge in [-0.2, -0.15) is 35.7 Å². The van der Waals surface area contributed by atoms with Crippen LogP contribution in [0.25, 0.3) is 11.3 Å². The zero-order valence-electron chi connectivity index (χ0n) is 19.5. The van der Waals surface area contributed by atoms with Gasteiger partial charge in [-0.1, -0.05) is 12.1 Å². The normalized spacial score (nSPS) is 16.1. The molecule has 0 spiro atoms. The highest BCUT2D eigenvalue weighted by molar-refractivity contribution is 7.89. The van der Waals surface area contributed by atoms with Crippen molar-refractivity contribution in [2.24, 2.45) is 0 Å². The second-order valence-corrected chi connectivity index (χ2v) is 10.6. The molecule has 2 aromatic heterocycles. The van der Waals surface area contributed by atoms with E-state index in [0.29, 0.717) is 29.3 Å². The Hall–Kier alpha value is -3.24. The zero-order valence-corrected chi connectivity index (χ0v) is 20.4. The zero-order chi connectivity index (χ0) is 27.7. The Labute approximate surface area is 213 Å². The fraction of sp³-hybridized carbons (Fsp3) is 0.409. The largest absolute Gasteiger partial charge is 0.419 e. The number of aromatic nitrogens is 4. The smallest absolute Gasteiger partial charge is 0.392 e. The molecule has 0 saturated carbocycles. The number of anilines is 1. The molecule has 0 atom stereocenters. The van der Waals surface area contributed by atoms with Crippen molar-refractivity contribution in [3.05, 3.63) is 54.0 Å². The maximum atomic E-state index is 13.6. The van der Waals surface area contributed by atoms with Crippen molar-refractivity contribution in [2.75, 3.05) is 18.4 Å². The van der Waals surface area contributed by atoms with E-state index in [-0.39, 0.29) is 42.1 Å². The molecule has 0 unspecified atom stereocenters. The van der Waals surface area contributed by atoms with Gasteiger partial charge < -0.3 is 10.4 Å². The minimum Gasteiger partial charge on any atom is -0.392 e. The summed E-state index contributed by atoms with van der Waals surface area (Å²) in [5, 5.41) is 15.7. The molecule has 1 aliphatic heterocycles. The lowest BCUT2D eigenvalue weighted by atomic mass is 10.1. The van der Waals surface area contributed by atoms with E-state index in [0.717, 1.165) is 12.4 Å². The minimum atomic E-state index is -4.87. The molecule has 1 fully saturated rings. The van der Waals surface area contributed by atoms with Gasteiger partial charge in [-0.15, -0.1) is 0 Å². The van der Waals surface area contributed by atoms with Crippen molar-refractivity contribution in [3.63, 3.8) is 0 Å². The van der Waals surface area contributed by atoms with Crippen LogP contribution in [0.2, 0.25) is 0 Å². The van der Waals surface area contributed by atoms with Crippen molar-refractivity contribution in [1.82, 2.24) is 24.1 Å². The highest BCUT2D eigenvalue weighted by Crippen LogP contribution is 2.36. The third-order valence-electron chi connectivity index (χ3n) is 5.85. The topological polar surface area (TPSA) is 113 Å². The number of halogens is 6. The van der Waals surface area contributed by atoms with Gasteiger partial charge in [0.2, 0.25) is 16.0 Å². The van der Waals surface area contributed by atoms with E-state index in [4.69, 9.17) is 0 Å². The average molecular weight is 565 g/mol. The lowest BCUT2D eigenvalue weighted by molar-refractivity contribution is -0.142. The van der Waals surface area contributed by atoms with Crippen molar-refractivity contribution < 1.29 is 39.9 Å². The van der Waals surface area contributed by atoms with Crippen LogP contribution in [0.15, 0.2) is 47.8 Å². The molecule has 1 saturated heterocycles. The monoisotopic (exact) mass is 564 g/mol. The maximum absolute atomic E-state index is 13.6. The Morgan fingerprint density at radius 1 is 1.08 bits per heavy atom. The van der Waals surface area contributed by atoms with Gasteiger partial charge in [-0.3, -0.25) is 4.68 Å². The van der Waals surface area contributed by atoms with E-state index in [1.165, 1.54) is 22.5 Å². The fourth-order valence-corrected chi connectivity index (χ4v) is 5.55. The second-order valence-electron chi connectivity index (χ2n) is 8.62. The van der Waals surface area contributed by atoms with Crippen molar-refractivity contribution in [3.8, 4) is 11.3 Å². The first-order chi connectivity index (χ1) is 17.8. The number of nitrogens with zero attached hydrogens (tertiary/aromatic N) is 5. The van der Waals surface area contributed by atoms with Crippen LogP contribution in [0.3, 0.4) is 0 Å². The van der Waals surface area contributed by atoms with Crippen LogP contribution in [-0.4, -0.2) is 62.9 Å². The van der Waals surface area contributed by atoms with E-state index in [1.807, 2.05) is 0 Å². The summed E-state index contributed by atoms with van der Waals surface area (Å²) in [5.41, 5.74) is -1.69. The number of sulfonamides is 1. The average Bonchev–Trinajstić information content (AvgIpc) is 3.30. The molecule has 0 amide bonds. The molecule has 0 bridgehead atoms. The SMILES string of the molecule is O=S(=O)(c1cccc(CO)c1)N1CCC(Nc2ncc(C(F)(F)F)c(-c3cnn(CC(F)(F)F)c3)n2)CC1. The summed E-state index contributed by atoms with van der Waals surface area (Å²) >= 11 is 0. The number of alkyl halides is 6. The van der Waals surface area contributed by atoms with Gasteiger partial charge in [-0.25, -0.2) is 18.4 Å². The van der Waals surface area contributed by atoms with Crippen LogP contribution in [0, 0.1) is 0 Å². The van der Waals surface area contributed by atoms with Gasteiger partial charge in [0.25, 0.3) is 0 Å². The molecule has 38 heavy (non-hydrogen) atoms. The molecule has 1 aliphatic rings. The molecule has 9 nitrogen and oxygen atoms in total. The summed E-state index contributed by atoms with van der Waals surface area (Å²) in [4.78, 5) is 7.68. The number of piperidine rings is 1. The first kappa shape index (κ1) is 27.8. The molecule has 3 heterocycles. The Morgan fingerprint density at radius 3 is 2.42 bits per heavy atom. The second kappa shape index (κ2) is 10.5. The van der Waals surface area contributed by atoms with Crippen molar-refractivity contribution in [1.29, 1.82) is 0 Å². The predicted molar refractivity (Wildman–Crippen MR) is 122 cm³/mol. The quantitative estimate of drug-likeness (QED) is 0.421. The first-order valence-corrected chi connectivity index (χ1v) is 12.7. The summed E-state index contributed by atoms with van der Waals surface area (Å²) in [6, 6.07) is 5.55. The molecule has 4 rings (SSSR count). The molecule has 2 N–H and O–H groups in total. The Bertz CT molecular complexity index is 1380. The number of hydrogen-bond acceptors (Lipinski definition) is 7. The van der Waals surface area contributed by atoms with Gasteiger partial charge in [0, 0.05) is 37.1 Å². The number of benzene rings is 1. The van der Waals surface area contributed by atoms with Crippen LogP contribution < -0.4 is 5.32 Å². The van der Waals surface area contributed by atoms with Crippen LogP contribution in [0.4, 0.5) is 32.3 Å². The van der Waals surface area contributed by atoms with Gasteiger partial charge in [0.15, 0.2) is 0 Å². The van der Waals surface area contributed by atoms with Crippen LogP contribution in [0.1, 0.15) is 24.0 Å². The number of rotatable bonds is 7. The Morgan fingerprint density at radius 2 is 1.79 bits per heavy atom. The lowest BCUT2D eigenvalue weighted by Gasteiger charge is -2.31. The highest BCUT2D eigenvalue weighted by Gasteiger charge is 2.37. The molecule has 16 heteroatoms. The fourth-order valence-electron chi connectivity index (χ4n) is 4.01. The predicted octanol–water partition coefficient (Wildman–Crippen LogP) is 3.68. The van der Waals surface area contributed by atoms with E-state index in [1.54, 1.807) is 6.07 Å². The van der Waals surface area contributed by atoms with Crippen molar-refractivity contribution in [2.45, 2.75) is 49.3 Å². The number of aliphatic hydroxyl groups is 1. The third kappa shape index (κ3) is 6.42. The summed E-state index contributed by atoms with van der Waals surface area (Å²) in [6.45, 7) is -1.56. The van der Waals surface area contributed by atoms with E-state index in [2.05, 4.69) is 20.4 Å². The molecule has 0 aliphatic carbocycles. The van der Waals surface area contributed by atoms with Crippen LogP contribution in [0.5, 0.6) is 0 Å². The standard InChI is InChI=1S/C22H22F6N6O3S/c23-21(24,25)13-33-11-15(9-30-33)19-18(22(26,27)28)10-29-20(32-19)31-16-4-6-34(7-5-16)38(36,37)17-3-1-2-14(8-17)12-35/h1-3,8-11,16,35H,4-7,12-13H2,(H,29,31,32). The first-order valence-electron chi connectivity index (χ1n) is 11.3. The van der Waals surface area contributed by atoms with E-state index in [9.17, 15) is 39.9 Å². The van der Waals surface area contributed by atoms with Gasteiger partial charge in [-0.05, 0) is 30.5 Å². The van der Waals surface area contributed by atoms with Gasteiger partial charge >= 0.3 is 12.4 Å². The van der Waals surface area contributed by atoms with Crippen LogP contribution in [-0.2, 0) is 29.4 Å². The summed E-state index contributed by atoms with van der Waals surface area (Å²) in [5.74, 6) is -0.187. The Kier molecular flexibility index (Phi) is 7.67. The molecule has 0 radical (unpaired) electrons. The number of nitrogens with one attached hydrogen (secondary N) is 1. The minimum absolute atomic E-state index is 0.0391. The number of aliphatic hydroxyl groups excluding tert-OH is 1. The summed E-state index contributed by atoms with van der Waals surface area (Å²) in [6.07, 6.45) is -6.67. The molecule has 3 aromatic rings. The van der Waals surface area contributed by atoms with Gasteiger partial charge in [0.05, 0.1) is 23.4 Å².